The molecule has 0 aliphatic carbocycles. The minimum absolute atomic E-state index is 0.0834. The van der Waals surface area contributed by atoms with Crippen LogP contribution in [0.4, 0.5) is 11.4 Å². The summed E-state index contributed by atoms with van der Waals surface area (Å²) in [6.07, 6.45) is 1.74. The molecule has 2 aromatic rings. The molecule has 0 saturated heterocycles. The zero-order valence-electron chi connectivity index (χ0n) is 10.2. The predicted molar refractivity (Wildman–Crippen MR) is 79.2 cm³/mol. The Balaban J connectivity index is 2.23. The highest BCUT2D eigenvalue weighted by molar-refractivity contribution is 9.10. The van der Waals surface area contributed by atoms with Crippen LogP contribution in [-0.2, 0) is 0 Å². The van der Waals surface area contributed by atoms with Gasteiger partial charge in [0.25, 0.3) is 5.69 Å². The number of aryl methyl sites for hydroxylation is 1. The van der Waals surface area contributed by atoms with Crippen LogP contribution in [0.2, 0.25) is 0 Å². The molecule has 96 valence electrons. The van der Waals surface area contributed by atoms with Crippen molar-refractivity contribution in [1.82, 2.24) is 0 Å². The van der Waals surface area contributed by atoms with Crippen LogP contribution in [0.5, 0.6) is 0 Å². The van der Waals surface area contributed by atoms with Crippen molar-refractivity contribution in [3.05, 3.63) is 68.2 Å². The summed E-state index contributed by atoms with van der Waals surface area (Å²) in [5.74, 6) is 0. The van der Waals surface area contributed by atoms with Gasteiger partial charge in [0.2, 0.25) is 0 Å². The molecule has 0 radical (unpaired) electrons. The van der Waals surface area contributed by atoms with E-state index in [0.717, 1.165) is 21.3 Å². The van der Waals surface area contributed by atoms with Crippen molar-refractivity contribution in [2.45, 2.75) is 6.92 Å². The van der Waals surface area contributed by atoms with Gasteiger partial charge < -0.3 is 0 Å². The summed E-state index contributed by atoms with van der Waals surface area (Å²) >= 11 is 3.37. The van der Waals surface area contributed by atoms with Gasteiger partial charge in [-0.15, -0.1) is 0 Å². The number of aliphatic imine (C=N–C) groups is 1. The fourth-order valence-electron chi connectivity index (χ4n) is 1.59. The van der Waals surface area contributed by atoms with E-state index in [0.29, 0.717) is 0 Å². The molecule has 0 fully saturated rings. The molecule has 0 amide bonds. The largest absolute Gasteiger partial charge is 0.269 e. The summed E-state index contributed by atoms with van der Waals surface area (Å²) in [4.78, 5) is 14.6. The lowest BCUT2D eigenvalue weighted by molar-refractivity contribution is -0.384. The predicted octanol–water partition coefficient (Wildman–Crippen LogP) is 4.42. The molecule has 0 spiro atoms. The van der Waals surface area contributed by atoms with Crippen LogP contribution >= 0.6 is 15.9 Å². The van der Waals surface area contributed by atoms with E-state index in [1.165, 1.54) is 12.1 Å². The molecule has 0 saturated carbocycles. The normalized spacial score (nSPS) is 10.8. The van der Waals surface area contributed by atoms with Gasteiger partial charge in [0.1, 0.15) is 0 Å². The highest BCUT2D eigenvalue weighted by Gasteiger charge is 2.06. The Kier molecular flexibility index (Phi) is 4.06. The average Bonchev–Trinajstić information content (AvgIpc) is 2.39. The van der Waals surface area contributed by atoms with Crippen LogP contribution in [0.15, 0.2) is 51.9 Å². The fourth-order valence-corrected chi connectivity index (χ4v) is 1.86. The van der Waals surface area contributed by atoms with Gasteiger partial charge in [-0.05, 0) is 36.2 Å². The lowest BCUT2D eigenvalue weighted by atomic mass is 10.2. The number of nitro benzene ring substituents is 1. The maximum Gasteiger partial charge on any atom is 0.269 e. The Hall–Kier alpha value is -2.01. The molecular formula is C14H11BrN2O2. The molecule has 0 bridgehead atoms. The first-order chi connectivity index (χ1) is 9.06. The van der Waals surface area contributed by atoms with E-state index in [9.17, 15) is 10.1 Å². The van der Waals surface area contributed by atoms with Gasteiger partial charge >= 0.3 is 0 Å². The Morgan fingerprint density at radius 3 is 2.47 bits per heavy atom. The maximum atomic E-state index is 10.6. The molecule has 0 atom stereocenters. The summed E-state index contributed by atoms with van der Waals surface area (Å²) in [5.41, 5.74) is 2.57. The summed E-state index contributed by atoms with van der Waals surface area (Å²) < 4.78 is 1.01. The van der Waals surface area contributed by atoms with Crippen LogP contribution in [0, 0.1) is 17.0 Å². The minimum Gasteiger partial charge on any atom is -0.258 e. The smallest absolute Gasteiger partial charge is 0.258 e. The number of benzene rings is 2. The molecule has 0 heterocycles. The van der Waals surface area contributed by atoms with E-state index >= 15 is 0 Å². The molecule has 2 aromatic carbocycles. The van der Waals surface area contributed by atoms with Crippen molar-refractivity contribution >= 4 is 33.5 Å². The number of hydrogen-bond acceptors (Lipinski definition) is 3. The first kappa shape index (κ1) is 13.4. The Morgan fingerprint density at radius 1 is 1.21 bits per heavy atom. The van der Waals surface area contributed by atoms with Gasteiger partial charge in [-0.2, -0.15) is 0 Å². The topological polar surface area (TPSA) is 55.5 Å². The van der Waals surface area contributed by atoms with E-state index < -0.39 is 4.92 Å². The minimum atomic E-state index is -0.408. The molecule has 5 heteroatoms. The van der Waals surface area contributed by atoms with Gasteiger partial charge in [-0.1, -0.05) is 28.1 Å². The second-order valence-corrected chi connectivity index (χ2v) is 4.95. The number of nitrogens with zero attached hydrogens (tertiary/aromatic N) is 2. The molecule has 0 N–H and O–H groups in total. The molecule has 0 aliphatic rings. The lowest BCUT2D eigenvalue weighted by Gasteiger charge is -2.00. The van der Waals surface area contributed by atoms with Crippen LogP contribution in [0.1, 0.15) is 11.1 Å². The van der Waals surface area contributed by atoms with Gasteiger partial charge in [0.15, 0.2) is 0 Å². The number of rotatable bonds is 3. The SMILES string of the molecule is Cc1cc([N+](=O)[O-])ccc1N=Cc1ccc(Br)cc1. The molecule has 0 aliphatic heterocycles. The van der Waals surface area contributed by atoms with Crippen LogP contribution in [0.3, 0.4) is 0 Å². The number of non-ortho nitro benzene ring substituents is 1. The first-order valence-corrected chi connectivity index (χ1v) is 6.40. The van der Waals surface area contributed by atoms with E-state index in [1.54, 1.807) is 19.2 Å². The molecule has 0 aromatic heterocycles. The van der Waals surface area contributed by atoms with Gasteiger partial charge in [0, 0.05) is 22.8 Å². The van der Waals surface area contributed by atoms with Crippen LogP contribution in [0.25, 0.3) is 0 Å². The van der Waals surface area contributed by atoms with E-state index in [1.807, 2.05) is 24.3 Å². The third kappa shape index (κ3) is 3.48. The standard InChI is InChI=1S/C14H11BrN2O2/c1-10-8-13(17(18)19)6-7-14(10)16-9-11-2-4-12(15)5-3-11/h2-9H,1H3. The van der Waals surface area contributed by atoms with Crippen molar-refractivity contribution < 1.29 is 4.92 Å². The number of nitro groups is 1. The Labute approximate surface area is 119 Å². The van der Waals surface area contributed by atoms with Crippen molar-refractivity contribution in [3.63, 3.8) is 0 Å². The maximum absolute atomic E-state index is 10.6. The van der Waals surface area contributed by atoms with Crippen molar-refractivity contribution in [3.8, 4) is 0 Å². The quantitative estimate of drug-likeness (QED) is 0.478. The average molecular weight is 319 g/mol. The summed E-state index contributed by atoms with van der Waals surface area (Å²) in [7, 11) is 0. The van der Waals surface area contributed by atoms with Crippen LogP contribution in [-0.4, -0.2) is 11.1 Å². The van der Waals surface area contributed by atoms with Crippen molar-refractivity contribution in [2.75, 3.05) is 0 Å². The van der Waals surface area contributed by atoms with E-state index in [4.69, 9.17) is 0 Å². The summed E-state index contributed by atoms with van der Waals surface area (Å²) in [6, 6.07) is 12.4. The van der Waals surface area contributed by atoms with Gasteiger partial charge in [-0.25, -0.2) is 0 Å². The zero-order valence-corrected chi connectivity index (χ0v) is 11.8. The first-order valence-electron chi connectivity index (χ1n) is 5.61. The summed E-state index contributed by atoms with van der Waals surface area (Å²) in [6.45, 7) is 1.81. The zero-order chi connectivity index (χ0) is 13.8. The van der Waals surface area contributed by atoms with Crippen LogP contribution < -0.4 is 0 Å². The molecule has 19 heavy (non-hydrogen) atoms. The third-order valence-corrected chi connectivity index (χ3v) is 3.14. The second-order valence-electron chi connectivity index (χ2n) is 4.04. The monoisotopic (exact) mass is 318 g/mol. The summed E-state index contributed by atoms with van der Waals surface area (Å²) in [5, 5.41) is 10.6. The Morgan fingerprint density at radius 2 is 1.89 bits per heavy atom. The fraction of sp³-hybridized carbons (Fsp3) is 0.0714. The highest BCUT2D eigenvalue weighted by Crippen LogP contribution is 2.23. The third-order valence-electron chi connectivity index (χ3n) is 2.61. The number of hydrogen-bond donors (Lipinski definition) is 0. The molecular weight excluding hydrogens is 308 g/mol. The van der Waals surface area contributed by atoms with Gasteiger partial charge in [-0.3, -0.25) is 15.1 Å². The lowest BCUT2D eigenvalue weighted by Crippen LogP contribution is -1.88. The van der Waals surface area contributed by atoms with E-state index in [2.05, 4.69) is 20.9 Å². The molecule has 0 unspecified atom stereocenters. The number of halogens is 1. The molecule has 2 rings (SSSR count). The van der Waals surface area contributed by atoms with Crippen molar-refractivity contribution in [2.24, 2.45) is 4.99 Å². The van der Waals surface area contributed by atoms with E-state index in [-0.39, 0.29) is 5.69 Å². The second kappa shape index (κ2) is 5.75. The molecule has 4 nitrogen and oxygen atoms in total. The van der Waals surface area contributed by atoms with Gasteiger partial charge in [0.05, 0.1) is 10.6 Å². The highest BCUT2D eigenvalue weighted by atomic mass is 79.9. The van der Waals surface area contributed by atoms with Crippen molar-refractivity contribution in [1.29, 1.82) is 0 Å². The Bertz CT molecular complexity index is 636.